The molecule has 0 aliphatic heterocycles. The monoisotopic (exact) mass is 591 g/mol. The van der Waals surface area contributed by atoms with Gasteiger partial charge in [0, 0.05) is 36.1 Å². The van der Waals surface area contributed by atoms with E-state index in [2.05, 4.69) is 5.32 Å². The molecular weight excluding hydrogens is 561 g/mol. The zero-order chi connectivity index (χ0) is 27.8. The molecular formula is C25H32Cl3N3O5S. The average Bonchev–Trinajstić information content (AvgIpc) is 2.83. The van der Waals surface area contributed by atoms with Gasteiger partial charge in [-0.15, -0.1) is 0 Å². The molecule has 204 valence electrons. The molecule has 0 heterocycles. The van der Waals surface area contributed by atoms with E-state index in [-0.39, 0.29) is 42.8 Å². The van der Waals surface area contributed by atoms with Crippen LogP contribution >= 0.6 is 34.8 Å². The Morgan fingerprint density at radius 2 is 1.78 bits per heavy atom. The predicted molar refractivity (Wildman–Crippen MR) is 149 cm³/mol. The van der Waals surface area contributed by atoms with Crippen molar-refractivity contribution in [2.24, 2.45) is 0 Å². The van der Waals surface area contributed by atoms with Crippen LogP contribution in [0.25, 0.3) is 0 Å². The molecule has 0 spiro atoms. The Balaban J connectivity index is 2.21. The van der Waals surface area contributed by atoms with Crippen LogP contribution in [0.1, 0.15) is 38.7 Å². The zero-order valence-corrected chi connectivity index (χ0v) is 24.3. The molecule has 2 amide bonds. The molecule has 0 saturated heterocycles. The predicted octanol–water partition coefficient (Wildman–Crippen LogP) is 5.15. The van der Waals surface area contributed by atoms with E-state index in [1.807, 2.05) is 6.92 Å². The van der Waals surface area contributed by atoms with Crippen molar-refractivity contribution in [3.63, 3.8) is 0 Å². The number of hydrogen-bond donors (Lipinski definition) is 1. The molecule has 1 N–H and O–H groups in total. The quantitative estimate of drug-likeness (QED) is 0.347. The summed E-state index contributed by atoms with van der Waals surface area (Å²) in [7, 11) is -2.19. The van der Waals surface area contributed by atoms with Crippen LogP contribution in [0.5, 0.6) is 5.75 Å². The molecule has 2 rings (SSSR count). The summed E-state index contributed by atoms with van der Waals surface area (Å²) in [6.07, 6.45) is 2.06. The molecule has 0 aliphatic carbocycles. The van der Waals surface area contributed by atoms with Gasteiger partial charge in [0.1, 0.15) is 11.8 Å². The Hall–Kier alpha value is -2.20. The van der Waals surface area contributed by atoms with Crippen LogP contribution < -0.4 is 14.4 Å². The molecule has 0 saturated carbocycles. The lowest BCUT2D eigenvalue weighted by molar-refractivity contribution is -0.140. The number of hydrogen-bond acceptors (Lipinski definition) is 5. The van der Waals surface area contributed by atoms with Crippen LogP contribution in [-0.4, -0.2) is 57.6 Å². The molecule has 1 unspecified atom stereocenters. The number of carbonyl (C=O) groups is 2. The second-order valence-electron chi connectivity index (χ2n) is 8.48. The third kappa shape index (κ3) is 8.95. The molecule has 1 atom stereocenters. The highest BCUT2D eigenvalue weighted by Crippen LogP contribution is 2.30. The van der Waals surface area contributed by atoms with Crippen LogP contribution in [0, 0.1) is 0 Å². The Morgan fingerprint density at radius 1 is 1.08 bits per heavy atom. The van der Waals surface area contributed by atoms with Crippen LogP contribution in [-0.2, 0) is 26.2 Å². The molecule has 37 heavy (non-hydrogen) atoms. The Morgan fingerprint density at radius 3 is 2.35 bits per heavy atom. The summed E-state index contributed by atoms with van der Waals surface area (Å²) in [6.45, 7) is 4.21. The Bertz CT molecular complexity index is 1210. The molecule has 0 radical (unpaired) electrons. The van der Waals surface area contributed by atoms with E-state index < -0.39 is 16.1 Å². The van der Waals surface area contributed by atoms with E-state index in [9.17, 15) is 18.0 Å². The smallest absolute Gasteiger partial charge is 0.242 e. The fourth-order valence-corrected chi connectivity index (χ4v) is 5.30. The van der Waals surface area contributed by atoms with E-state index in [4.69, 9.17) is 39.5 Å². The fraction of sp³-hybridized carbons (Fsp3) is 0.440. The number of carbonyl (C=O) groups excluding carboxylic acids is 2. The minimum atomic E-state index is -3.66. The van der Waals surface area contributed by atoms with E-state index in [1.165, 1.54) is 22.4 Å². The number of halogens is 3. The highest BCUT2D eigenvalue weighted by molar-refractivity contribution is 7.92. The zero-order valence-electron chi connectivity index (χ0n) is 21.3. The number of amides is 2. The summed E-state index contributed by atoms with van der Waals surface area (Å²) in [5, 5.41) is 3.92. The average molecular weight is 593 g/mol. The number of methoxy groups -OCH3 is 1. The number of sulfonamides is 1. The van der Waals surface area contributed by atoms with E-state index in [0.29, 0.717) is 33.6 Å². The van der Waals surface area contributed by atoms with E-state index >= 15 is 0 Å². The number of anilines is 1. The maximum atomic E-state index is 13.3. The molecule has 0 aromatic heterocycles. The van der Waals surface area contributed by atoms with Gasteiger partial charge in [0.2, 0.25) is 21.8 Å². The van der Waals surface area contributed by atoms with Gasteiger partial charge in [-0.1, -0.05) is 47.8 Å². The maximum absolute atomic E-state index is 13.3. The van der Waals surface area contributed by atoms with Crippen LogP contribution in [0.2, 0.25) is 15.1 Å². The van der Waals surface area contributed by atoms with Crippen molar-refractivity contribution in [3.8, 4) is 5.75 Å². The second kappa shape index (κ2) is 14.1. The maximum Gasteiger partial charge on any atom is 0.242 e. The SMILES string of the molecule is CCCNC(=O)C(C)N(Cc1ccc(Cl)cc1Cl)C(=O)CCCN(c1ccc(OC)c(Cl)c1)S(C)(=O)=O. The molecule has 8 nitrogen and oxygen atoms in total. The van der Waals surface area contributed by atoms with Crippen molar-refractivity contribution in [1.82, 2.24) is 10.2 Å². The van der Waals surface area contributed by atoms with Crippen molar-refractivity contribution in [1.29, 1.82) is 0 Å². The number of ether oxygens (including phenoxy) is 1. The van der Waals surface area contributed by atoms with Gasteiger partial charge in [0.15, 0.2) is 0 Å². The van der Waals surface area contributed by atoms with Crippen LogP contribution in [0.3, 0.4) is 0 Å². The summed E-state index contributed by atoms with van der Waals surface area (Å²) in [6, 6.07) is 8.85. The van der Waals surface area contributed by atoms with Gasteiger partial charge in [-0.25, -0.2) is 8.42 Å². The van der Waals surface area contributed by atoms with Crippen molar-refractivity contribution in [2.75, 3.05) is 30.8 Å². The number of nitrogens with zero attached hydrogens (tertiary/aromatic N) is 2. The lowest BCUT2D eigenvalue weighted by atomic mass is 10.1. The van der Waals surface area contributed by atoms with Crippen molar-refractivity contribution in [2.45, 2.75) is 45.7 Å². The highest BCUT2D eigenvalue weighted by Gasteiger charge is 2.27. The minimum Gasteiger partial charge on any atom is -0.495 e. The molecule has 2 aromatic carbocycles. The lowest BCUT2D eigenvalue weighted by Crippen LogP contribution is -2.48. The van der Waals surface area contributed by atoms with Crippen molar-refractivity contribution < 1.29 is 22.7 Å². The van der Waals surface area contributed by atoms with Gasteiger partial charge in [-0.05, 0) is 55.7 Å². The number of benzene rings is 2. The lowest BCUT2D eigenvalue weighted by Gasteiger charge is -2.30. The van der Waals surface area contributed by atoms with Crippen LogP contribution in [0.4, 0.5) is 5.69 Å². The number of nitrogens with one attached hydrogen (secondary N) is 1. The Kier molecular flexibility index (Phi) is 11.8. The summed E-state index contributed by atoms with van der Waals surface area (Å²) >= 11 is 18.5. The highest BCUT2D eigenvalue weighted by atomic mass is 35.5. The van der Waals surface area contributed by atoms with Gasteiger partial charge in [-0.2, -0.15) is 0 Å². The molecule has 0 aliphatic rings. The standard InChI is InChI=1S/C25H32Cl3N3O5S/c1-5-12-29-25(33)17(2)30(16-18-8-9-19(26)14-21(18)27)24(32)7-6-13-31(37(4,34)35)20-10-11-23(36-3)22(28)15-20/h8-11,14-15,17H,5-7,12-13,16H2,1-4H3,(H,29,33). The molecule has 2 aromatic rings. The van der Waals surface area contributed by atoms with E-state index in [0.717, 1.165) is 12.7 Å². The summed E-state index contributed by atoms with van der Waals surface area (Å²) < 4.78 is 31.3. The van der Waals surface area contributed by atoms with Gasteiger partial charge < -0.3 is 15.0 Å². The van der Waals surface area contributed by atoms with Gasteiger partial charge in [-0.3, -0.25) is 13.9 Å². The van der Waals surface area contributed by atoms with Crippen LogP contribution in [0.15, 0.2) is 36.4 Å². The first-order valence-electron chi connectivity index (χ1n) is 11.7. The van der Waals surface area contributed by atoms with Gasteiger partial charge >= 0.3 is 0 Å². The first kappa shape index (κ1) is 31.0. The third-order valence-electron chi connectivity index (χ3n) is 5.65. The van der Waals surface area contributed by atoms with Gasteiger partial charge in [0.25, 0.3) is 0 Å². The van der Waals surface area contributed by atoms with Crippen molar-refractivity contribution in [3.05, 3.63) is 57.0 Å². The Labute approximate surface area is 233 Å². The summed E-state index contributed by atoms with van der Waals surface area (Å²) in [5.74, 6) is -0.182. The second-order valence-corrected chi connectivity index (χ2v) is 11.6. The largest absolute Gasteiger partial charge is 0.495 e. The van der Waals surface area contributed by atoms with Crippen molar-refractivity contribution >= 4 is 62.3 Å². The molecule has 12 heteroatoms. The third-order valence-corrected chi connectivity index (χ3v) is 7.72. The normalized spacial score (nSPS) is 12.1. The minimum absolute atomic E-state index is 0.00646. The first-order chi connectivity index (χ1) is 17.4. The topological polar surface area (TPSA) is 96.0 Å². The summed E-state index contributed by atoms with van der Waals surface area (Å²) in [4.78, 5) is 27.5. The van der Waals surface area contributed by atoms with Gasteiger partial charge in [0.05, 0.1) is 24.1 Å². The molecule has 0 bridgehead atoms. The summed E-state index contributed by atoms with van der Waals surface area (Å²) in [5.41, 5.74) is 0.998. The molecule has 0 fully saturated rings. The first-order valence-corrected chi connectivity index (χ1v) is 14.7. The number of rotatable bonds is 13. The fourth-order valence-electron chi connectivity index (χ4n) is 3.63. The van der Waals surface area contributed by atoms with E-state index in [1.54, 1.807) is 37.3 Å².